The zero-order valence-corrected chi connectivity index (χ0v) is 18.9. The summed E-state index contributed by atoms with van der Waals surface area (Å²) in [6.07, 6.45) is 2.91. The molecule has 0 aliphatic carbocycles. The maximum Gasteiger partial charge on any atom is 0.276 e. The van der Waals surface area contributed by atoms with E-state index in [9.17, 15) is 13.2 Å². The molecule has 2 N–H and O–H groups in total. The van der Waals surface area contributed by atoms with E-state index in [1.165, 1.54) is 10.4 Å². The minimum absolute atomic E-state index is 0.0804. The van der Waals surface area contributed by atoms with Gasteiger partial charge in [-0.05, 0) is 68.5 Å². The highest BCUT2D eigenvalue weighted by molar-refractivity contribution is 7.98. The second-order valence-corrected chi connectivity index (χ2v) is 10.2. The van der Waals surface area contributed by atoms with Gasteiger partial charge in [0.2, 0.25) is 11.0 Å². The maximum atomic E-state index is 13.0. The number of sulfonamides is 1. The second kappa shape index (κ2) is 8.89. The second-order valence-electron chi connectivity index (χ2n) is 7.45. The molecule has 164 valence electrons. The van der Waals surface area contributed by atoms with Crippen LogP contribution in [-0.4, -0.2) is 48.2 Å². The lowest BCUT2D eigenvalue weighted by Gasteiger charge is -2.29. The summed E-state index contributed by atoms with van der Waals surface area (Å²) < 4.78 is 32.9. The summed E-state index contributed by atoms with van der Waals surface area (Å²) in [5.41, 5.74) is 2.16. The van der Waals surface area contributed by atoms with Gasteiger partial charge in [0.25, 0.3) is 10.0 Å². The van der Waals surface area contributed by atoms with Crippen LogP contribution in [0.3, 0.4) is 0 Å². The van der Waals surface area contributed by atoms with Gasteiger partial charge in [0.1, 0.15) is 5.69 Å². The number of benzene rings is 1. The summed E-state index contributed by atoms with van der Waals surface area (Å²) in [6, 6.07) is 12.5. The van der Waals surface area contributed by atoms with Crippen LogP contribution in [0.5, 0.6) is 0 Å². The molecule has 1 aliphatic rings. The van der Waals surface area contributed by atoms with Crippen LogP contribution >= 0.6 is 11.8 Å². The van der Waals surface area contributed by atoms with Crippen LogP contribution in [0.1, 0.15) is 18.5 Å². The van der Waals surface area contributed by atoms with E-state index in [-0.39, 0.29) is 30.0 Å². The number of nitrogens with zero attached hydrogens (tertiary/aromatic N) is 2. The first-order valence-corrected chi connectivity index (χ1v) is 12.6. The van der Waals surface area contributed by atoms with Crippen LogP contribution in [0.15, 0.2) is 56.9 Å². The molecule has 8 nitrogen and oxygen atoms in total. The Balaban J connectivity index is 1.37. The molecule has 2 aromatic heterocycles. The fourth-order valence-corrected chi connectivity index (χ4v) is 5.33. The number of rotatable bonds is 6. The third-order valence-corrected chi connectivity index (χ3v) is 7.83. The molecule has 0 bridgehead atoms. The van der Waals surface area contributed by atoms with Crippen LogP contribution < -0.4 is 5.32 Å². The molecular weight excluding hydrogens is 436 g/mol. The molecule has 1 aliphatic heterocycles. The maximum absolute atomic E-state index is 13.0. The number of nitrogens with one attached hydrogen (secondary N) is 2. The molecule has 1 aromatic carbocycles. The van der Waals surface area contributed by atoms with Gasteiger partial charge >= 0.3 is 0 Å². The van der Waals surface area contributed by atoms with Crippen LogP contribution in [0.2, 0.25) is 0 Å². The van der Waals surface area contributed by atoms with Crippen LogP contribution in [0, 0.1) is 12.8 Å². The molecule has 4 rings (SSSR count). The predicted octanol–water partition coefficient (Wildman–Crippen LogP) is 3.74. The number of furan rings is 1. The average Bonchev–Trinajstić information content (AvgIpc) is 3.44. The summed E-state index contributed by atoms with van der Waals surface area (Å²) in [6.45, 7) is 2.39. The van der Waals surface area contributed by atoms with E-state index in [1.807, 2.05) is 37.4 Å². The van der Waals surface area contributed by atoms with E-state index in [1.54, 1.807) is 23.9 Å². The highest BCUT2D eigenvalue weighted by Gasteiger charge is 2.34. The van der Waals surface area contributed by atoms with Crippen LogP contribution in [-0.2, 0) is 14.8 Å². The first kappa shape index (κ1) is 21.7. The molecule has 1 amide bonds. The number of H-pyrrole nitrogens is 1. The van der Waals surface area contributed by atoms with Crippen molar-refractivity contribution in [2.75, 3.05) is 24.7 Å². The number of aryl methyl sites for hydroxylation is 1. The first-order chi connectivity index (χ1) is 14.9. The molecule has 0 atom stereocenters. The van der Waals surface area contributed by atoms with E-state index in [2.05, 4.69) is 15.5 Å². The topological polar surface area (TPSA) is 108 Å². The fraction of sp³-hybridized carbons (Fsp3) is 0.333. The van der Waals surface area contributed by atoms with Crippen molar-refractivity contribution in [3.05, 3.63) is 48.2 Å². The van der Waals surface area contributed by atoms with E-state index < -0.39 is 10.0 Å². The number of aromatic amines is 1. The van der Waals surface area contributed by atoms with Crippen molar-refractivity contribution in [1.82, 2.24) is 14.5 Å². The van der Waals surface area contributed by atoms with Gasteiger partial charge in [-0.25, -0.2) is 8.42 Å². The number of anilines is 1. The molecule has 0 radical (unpaired) electrons. The smallest absolute Gasteiger partial charge is 0.276 e. The summed E-state index contributed by atoms with van der Waals surface area (Å²) in [5.74, 6) is 0.0821. The number of carbonyl (C=O) groups excluding carboxylic acids is 1. The Morgan fingerprint density at radius 2 is 1.90 bits per heavy atom. The standard InChI is InChI=1S/C21H24N4O4S2/c1-14-13-18(24-23-14)19-7-8-20(29-19)31(27,28)25-11-9-15(10-12-25)21(26)22-16-3-5-17(30-2)6-4-16/h3-8,13,15H,9-12H2,1-2H3,(H,22,26)(H,23,24). The Labute approximate surface area is 185 Å². The third kappa shape index (κ3) is 4.70. The monoisotopic (exact) mass is 460 g/mol. The SMILES string of the molecule is CSc1ccc(NC(=O)C2CCN(S(=O)(=O)c3ccc(-c4cc(C)[nH]n4)o3)CC2)cc1. The Morgan fingerprint density at radius 3 is 2.52 bits per heavy atom. The summed E-state index contributed by atoms with van der Waals surface area (Å²) in [7, 11) is -3.76. The van der Waals surface area contributed by atoms with Gasteiger partial charge in [0.05, 0.1) is 0 Å². The van der Waals surface area contributed by atoms with E-state index in [0.29, 0.717) is 24.3 Å². The molecule has 3 aromatic rings. The van der Waals surface area contributed by atoms with Crippen LogP contribution in [0.4, 0.5) is 5.69 Å². The number of hydrogen-bond donors (Lipinski definition) is 2. The molecule has 3 heterocycles. The lowest BCUT2D eigenvalue weighted by molar-refractivity contribution is -0.120. The largest absolute Gasteiger partial charge is 0.442 e. The number of aromatic nitrogens is 2. The number of thioether (sulfide) groups is 1. The number of piperidine rings is 1. The Kier molecular flexibility index (Phi) is 6.22. The lowest BCUT2D eigenvalue weighted by Crippen LogP contribution is -2.41. The van der Waals surface area contributed by atoms with Crippen molar-refractivity contribution < 1.29 is 17.6 Å². The van der Waals surface area contributed by atoms with Gasteiger partial charge in [-0.2, -0.15) is 9.40 Å². The Morgan fingerprint density at radius 1 is 1.19 bits per heavy atom. The Bertz CT molecular complexity index is 1160. The zero-order valence-electron chi connectivity index (χ0n) is 17.3. The van der Waals surface area contributed by atoms with Gasteiger partial charge in [0, 0.05) is 35.3 Å². The summed E-state index contributed by atoms with van der Waals surface area (Å²) in [4.78, 5) is 13.7. The highest BCUT2D eigenvalue weighted by Crippen LogP contribution is 2.29. The van der Waals surface area contributed by atoms with Crippen molar-refractivity contribution in [2.45, 2.75) is 29.8 Å². The molecule has 10 heteroatoms. The third-order valence-electron chi connectivity index (χ3n) is 5.32. The predicted molar refractivity (Wildman–Crippen MR) is 119 cm³/mol. The van der Waals surface area contributed by atoms with E-state index in [0.717, 1.165) is 16.3 Å². The van der Waals surface area contributed by atoms with Gasteiger partial charge in [-0.15, -0.1) is 11.8 Å². The normalized spacial score (nSPS) is 15.8. The van der Waals surface area contributed by atoms with Crippen LogP contribution in [0.25, 0.3) is 11.5 Å². The van der Waals surface area contributed by atoms with Gasteiger partial charge in [-0.3, -0.25) is 9.89 Å². The van der Waals surface area contributed by atoms with Gasteiger partial charge in [-0.1, -0.05) is 0 Å². The average molecular weight is 461 g/mol. The number of carbonyl (C=O) groups is 1. The van der Waals surface area contributed by atoms with Crippen molar-refractivity contribution >= 4 is 33.4 Å². The zero-order chi connectivity index (χ0) is 22.0. The molecule has 0 saturated carbocycles. The molecule has 1 fully saturated rings. The molecule has 0 unspecified atom stereocenters. The van der Waals surface area contributed by atoms with Crippen molar-refractivity contribution in [3.8, 4) is 11.5 Å². The summed E-state index contributed by atoms with van der Waals surface area (Å²) in [5, 5.41) is 9.72. The summed E-state index contributed by atoms with van der Waals surface area (Å²) >= 11 is 1.64. The minimum atomic E-state index is -3.76. The quantitative estimate of drug-likeness (QED) is 0.543. The molecule has 31 heavy (non-hydrogen) atoms. The van der Waals surface area contributed by atoms with Crippen molar-refractivity contribution in [3.63, 3.8) is 0 Å². The minimum Gasteiger partial charge on any atom is -0.442 e. The van der Waals surface area contributed by atoms with Gasteiger partial charge in [0.15, 0.2) is 5.76 Å². The van der Waals surface area contributed by atoms with Crippen molar-refractivity contribution in [2.24, 2.45) is 5.92 Å². The molecule has 1 saturated heterocycles. The van der Waals surface area contributed by atoms with Crippen molar-refractivity contribution in [1.29, 1.82) is 0 Å². The number of amides is 1. The highest BCUT2D eigenvalue weighted by atomic mass is 32.2. The molecule has 0 spiro atoms. The first-order valence-electron chi connectivity index (χ1n) is 9.94. The molecular formula is C21H24N4O4S2. The van der Waals surface area contributed by atoms with E-state index in [4.69, 9.17) is 4.42 Å². The lowest BCUT2D eigenvalue weighted by atomic mass is 9.97. The van der Waals surface area contributed by atoms with Gasteiger partial charge < -0.3 is 9.73 Å². The Hall–Kier alpha value is -2.56. The number of hydrogen-bond acceptors (Lipinski definition) is 6. The van der Waals surface area contributed by atoms with E-state index >= 15 is 0 Å². The fourth-order valence-electron chi connectivity index (χ4n) is 3.54.